The van der Waals surface area contributed by atoms with E-state index in [1.807, 2.05) is 0 Å². The van der Waals surface area contributed by atoms with Crippen LogP contribution in [0.5, 0.6) is 0 Å². The summed E-state index contributed by atoms with van der Waals surface area (Å²) in [7, 11) is 1.46. The third-order valence-corrected chi connectivity index (χ3v) is 27.3. The van der Waals surface area contributed by atoms with Gasteiger partial charge in [0.2, 0.25) is 0 Å². The Labute approximate surface area is 304 Å². The van der Waals surface area contributed by atoms with Crippen molar-refractivity contribution >= 4 is 27.9 Å². The van der Waals surface area contributed by atoms with Crippen LogP contribution in [-0.2, 0) is 20.7 Å². The molecule has 2 saturated heterocycles. The van der Waals surface area contributed by atoms with Gasteiger partial charge in [0.1, 0.15) is 17.7 Å². The zero-order chi connectivity index (χ0) is 35.5. The minimum atomic E-state index is -2.44. The Morgan fingerprint density at radius 2 is 1.32 bits per heavy atom. The van der Waals surface area contributed by atoms with Crippen LogP contribution in [0, 0.1) is 17.6 Å². The molecule has 7 heteroatoms. The number of halogens is 2. The van der Waals surface area contributed by atoms with Gasteiger partial charge in [0.15, 0.2) is 0 Å². The van der Waals surface area contributed by atoms with Gasteiger partial charge in [-0.25, -0.2) is 8.78 Å². The number of aryl methyl sites for hydroxylation is 1. The molecule has 0 amide bonds. The number of rotatable bonds is 19. The number of ether oxygens (including phenoxy) is 2. The molecule has 272 valence electrons. The average molecular weight is 795 g/mol. The third-order valence-electron chi connectivity index (χ3n) is 11.6. The normalized spacial score (nSPS) is 20.8. The van der Waals surface area contributed by atoms with Gasteiger partial charge in [-0.05, 0) is 35.4 Å². The van der Waals surface area contributed by atoms with Crippen LogP contribution >= 0.6 is 0 Å². The number of carbonyl (C=O) groups excluding carboxylic acids is 1. The van der Waals surface area contributed by atoms with Gasteiger partial charge in [-0.15, -0.1) is 0 Å². The number of methoxy groups -OCH3 is 1. The van der Waals surface area contributed by atoms with E-state index in [-0.39, 0.29) is 29.7 Å². The maximum atomic E-state index is 13.9. The van der Waals surface area contributed by atoms with E-state index in [0.717, 1.165) is 43.4 Å². The molecule has 0 aliphatic carbocycles. The molecule has 2 bridgehead atoms. The van der Waals surface area contributed by atoms with Gasteiger partial charge in [0, 0.05) is 0 Å². The number of piperidine rings is 1. The maximum absolute atomic E-state index is 13.9. The van der Waals surface area contributed by atoms with E-state index < -0.39 is 30.4 Å². The second-order valence-corrected chi connectivity index (χ2v) is 28.1. The van der Waals surface area contributed by atoms with Crippen molar-refractivity contribution in [3.63, 3.8) is 0 Å². The fourth-order valence-corrected chi connectivity index (χ4v) is 24.8. The first-order valence-corrected chi connectivity index (χ1v) is 26.9. The van der Waals surface area contributed by atoms with Crippen LogP contribution in [0.15, 0.2) is 72.8 Å². The Morgan fingerprint density at radius 3 is 1.82 bits per heavy atom. The second-order valence-electron chi connectivity index (χ2n) is 14.9. The molecule has 0 saturated carbocycles. The zero-order valence-electron chi connectivity index (χ0n) is 30.8. The molecule has 0 radical (unpaired) electrons. The van der Waals surface area contributed by atoms with Crippen molar-refractivity contribution in [3.05, 3.63) is 101 Å². The first kappa shape index (κ1) is 38.9. The quantitative estimate of drug-likeness (QED) is 0.0895. The summed E-state index contributed by atoms with van der Waals surface area (Å²) in [6.07, 6.45) is 11.8. The summed E-state index contributed by atoms with van der Waals surface area (Å²) >= 11 is -2.44. The molecule has 2 heterocycles. The fraction of sp³-hybridized carbons (Fsp3) is 0.558. The Kier molecular flexibility index (Phi) is 14.8. The molecule has 5 rings (SSSR count). The summed E-state index contributed by atoms with van der Waals surface area (Å²) in [5, 5.41) is 0. The van der Waals surface area contributed by atoms with Crippen LogP contribution in [0.25, 0.3) is 0 Å². The van der Waals surface area contributed by atoms with E-state index in [4.69, 9.17) is 9.47 Å². The summed E-state index contributed by atoms with van der Waals surface area (Å²) in [5.74, 6) is -1.34. The average Bonchev–Trinajstić information content (AvgIpc) is 3.42. The summed E-state index contributed by atoms with van der Waals surface area (Å²) in [6.45, 7) is 7.96. The molecule has 3 aromatic carbocycles. The topological polar surface area (TPSA) is 38.8 Å². The fourth-order valence-electron chi connectivity index (χ4n) is 8.84. The van der Waals surface area contributed by atoms with Crippen LogP contribution in [0.4, 0.5) is 8.78 Å². The van der Waals surface area contributed by atoms with Crippen molar-refractivity contribution in [2.45, 2.75) is 129 Å². The van der Waals surface area contributed by atoms with Gasteiger partial charge in [0.25, 0.3) is 0 Å². The molecule has 4 nitrogen and oxygen atoms in total. The van der Waals surface area contributed by atoms with Crippen molar-refractivity contribution in [2.24, 2.45) is 5.92 Å². The Balaban J connectivity index is 1.27. The number of esters is 1. The molecule has 2 aliphatic rings. The number of hydrogen-bond acceptors (Lipinski definition) is 4. The summed E-state index contributed by atoms with van der Waals surface area (Å²) in [5.41, 5.74) is 2.95. The van der Waals surface area contributed by atoms with E-state index in [1.165, 1.54) is 88.8 Å². The molecule has 3 aromatic rings. The predicted molar refractivity (Wildman–Crippen MR) is 202 cm³/mol. The van der Waals surface area contributed by atoms with E-state index in [9.17, 15) is 13.6 Å². The minimum absolute atomic E-state index is 0.0426. The molecule has 50 heavy (non-hydrogen) atoms. The summed E-state index contributed by atoms with van der Waals surface area (Å²) in [6, 6.07) is 22.7. The molecular weight excluding hydrogens is 735 g/mol. The van der Waals surface area contributed by atoms with Crippen molar-refractivity contribution in [1.29, 1.82) is 0 Å². The Bertz CT molecular complexity index is 1400. The molecular formula is C43H59F2NO3Sn. The Morgan fingerprint density at radius 1 is 0.780 bits per heavy atom. The van der Waals surface area contributed by atoms with Crippen molar-refractivity contribution in [1.82, 2.24) is 4.90 Å². The van der Waals surface area contributed by atoms with Crippen LogP contribution in [0.3, 0.4) is 0 Å². The van der Waals surface area contributed by atoms with Crippen LogP contribution in [0.2, 0.25) is 13.3 Å². The first-order chi connectivity index (χ1) is 24.3. The van der Waals surface area contributed by atoms with E-state index in [2.05, 4.69) is 49.9 Å². The number of benzene rings is 3. The Hall–Kier alpha value is -2.29. The van der Waals surface area contributed by atoms with Crippen LogP contribution < -0.4 is 3.58 Å². The summed E-state index contributed by atoms with van der Waals surface area (Å²) < 4.78 is 46.2. The van der Waals surface area contributed by atoms with Gasteiger partial charge < -0.3 is 0 Å². The van der Waals surface area contributed by atoms with E-state index in [0.29, 0.717) is 12.5 Å². The molecule has 2 aliphatic heterocycles. The predicted octanol–water partition coefficient (Wildman–Crippen LogP) is 10.2. The second kappa shape index (κ2) is 19.0. The van der Waals surface area contributed by atoms with Crippen molar-refractivity contribution < 1.29 is 23.0 Å². The van der Waals surface area contributed by atoms with Gasteiger partial charge in [-0.2, -0.15) is 0 Å². The number of unbranched alkanes of at least 4 members (excludes halogenated alkanes) is 3. The van der Waals surface area contributed by atoms with Gasteiger partial charge >= 0.3 is 212 Å². The van der Waals surface area contributed by atoms with Crippen LogP contribution in [0.1, 0.15) is 108 Å². The van der Waals surface area contributed by atoms with Gasteiger partial charge in [-0.3, -0.25) is 0 Å². The van der Waals surface area contributed by atoms with Crippen molar-refractivity contribution in [3.8, 4) is 0 Å². The molecule has 0 spiro atoms. The molecule has 4 atom stereocenters. The van der Waals surface area contributed by atoms with Gasteiger partial charge in [0.05, 0.1) is 7.11 Å². The first-order valence-electron chi connectivity index (χ1n) is 19.4. The molecule has 2 fully saturated rings. The SMILES string of the molecule is CCC[CH2][Sn]([CH2]CCC)([CH2]CCC)[c]1ccc(CCCN2[C@@H]3CC[C@H]2[C@@H](C(=O)OC)[C@@H](OC(c2ccc(F)cc2)c2ccc(F)cc2)C3)cc1. The number of nitrogens with zero attached hydrogens (tertiary/aromatic N) is 1. The number of hydrogen-bond donors (Lipinski definition) is 0. The third kappa shape index (κ3) is 9.57. The number of carbonyl (C=O) groups is 1. The van der Waals surface area contributed by atoms with Gasteiger partial charge in [-0.1, -0.05) is 24.3 Å². The summed E-state index contributed by atoms with van der Waals surface area (Å²) in [4.78, 5) is 16.0. The number of fused-ring (bicyclic) bond motifs is 2. The van der Waals surface area contributed by atoms with Crippen molar-refractivity contribution in [2.75, 3.05) is 13.7 Å². The molecule has 0 unspecified atom stereocenters. The zero-order valence-corrected chi connectivity index (χ0v) is 33.7. The molecule has 0 N–H and O–H groups in total. The van der Waals surface area contributed by atoms with Crippen LogP contribution in [-0.4, -0.2) is 61.1 Å². The van der Waals surface area contributed by atoms with E-state index >= 15 is 0 Å². The standard InChI is InChI=1S/C31H32F2NO3.3C4H9.Sn/c1-36-31(35)29-27-18-17-26(34(27)19-5-8-21-6-3-2-4-7-21)20-28(29)37-30(22-9-13-24(32)14-10-22)23-11-15-25(33)16-12-23;3*1-3-4-2;/h3-4,6-7,9-16,26-30H,5,8,17-20H2,1H3;3*1,3-4H2,2H3;/t26-,27+,28+,29-;;;;/m1..../s1. The monoisotopic (exact) mass is 795 g/mol. The molecule has 0 aromatic heterocycles. The van der Waals surface area contributed by atoms with E-state index in [1.54, 1.807) is 27.8 Å².